The summed E-state index contributed by atoms with van der Waals surface area (Å²) in [5, 5.41) is 1.29. The third-order valence-corrected chi connectivity index (χ3v) is 4.34. The highest BCUT2D eigenvalue weighted by Crippen LogP contribution is 2.26. The highest BCUT2D eigenvalue weighted by atomic mass is 79.9. The Bertz CT molecular complexity index is 632. The van der Waals surface area contributed by atoms with Crippen molar-refractivity contribution < 1.29 is 4.74 Å². The van der Waals surface area contributed by atoms with Gasteiger partial charge in [-0.25, -0.2) is 0 Å². The van der Waals surface area contributed by atoms with Gasteiger partial charge in [0.25, 0.3) is 0 Å². The summed E-state index contributed by atoms with van der Waals surface area (Å²) >= 11 is 15.6. The molecule has 1 unspecified atom stereocenters. The third-order valence-electron chi connectivity index (χ3n) is 2.96. The maximum absolute atomic E-state index is 6.13. The first-order valence-electron chi connectivity index (χ1n) is 6.56. The first kappa shape index (κ1) is 16.6. The van der Waals surface area contributed by atoms with Crippen LogP contribution in [0.4, 0.5) is 0 Å². The Balaban J connectivity index is 2.11. The second-order valence-corrected chi connectivity index (χ2v) is 6.66. The van der Waals surface area contributed by atoms with Crippen LogP contribution in [0.1, 0.15) is 18.1 Å². The van der Waals surface area contributed by atoms with Gasteiger partial charge in [0.2, 0.25) is 0 Å². The van der Waals surface area contributed by atoms with Crippen molar-refractivity contribution in [2.24, 2.45) is 5.73 Å². The van der Waals surface area contributed by atoms with Crippen molar-refractivity contribution in [1.82, 2.24) is 0 Å². The van der Waals surface area contributed by atoms with Crippen molar-refractivity contribution in [3.05, 3.63) is 62.0 Å². The van der Waals surface area contributed by atoms with Gasteiger partial charge in [0.05, 0.1) is 0 Å². The summed E-state index contributed by atoms with van der Waals surface area (Å²) in [6.45, 7) is 2.35. The average Bonchev–Trinajstić information content (AvgIpc) is 2.42. The number of nitrogens with two attached hydrogens (primary N) is 1. The standard InChI is InChI=1S/C16H16BrCl2NO/c1-10(20)6-11-8-14(3-4-15(11)17)21-9-12-7-13(18)2-5-16(12)19/h2-5,7-8,10H,6,9,20H2,1H3. The van der Waals surface area contributed by atoms with Gasteiger partial charge in [0.15, 0.2) is 0 Å². The summed E-state index contributed by atoms with van der Waals surface area (Å²) in [5.41, 5.74) is 7.84. The second kappa shape index (κ2) is 7.50. The lowest BCUT2D eigenvalue weighted by Crippen LogP contribution is -2.18. The van der Waals surface area contributed by atoms with E-state index in [-0.39, 0.29) is 6.04 Å². The zero-order valence-corrected chi connectivity index (χ0v) is 14.7. The number of benzene rings is 2. The Morgan fingerprint density at radius 2 is 1.90 bits per heavy atom. The van der Waals surface area contributed by atoms with Crippen LogP contribution >= 0.6 is 39.1 Å². The van der Waals surface area contributed by atoms with Crippen molar-refractivity contribution in [2.45, 2.75) is 26.0 Å². The number of hydrogen-bond acceptors (Lipinski definition) is 2. The molecule has 0 saturated carbocycles. The Labute approximate surface area is 143 Å². The zero-order valence-electron chi connectivity index (χ0n) is 11.6. The molecule has 0 aliphatic heterocycles. The molecule has 0 heterocycles. The van der Waals surface area contributed by atoms with E-state index in [1.165, 1.54) is 0 Å². The van der Waals surface area contributed by atoms with Gasteiger partial charge >= 0.3 is 0 Å². The quantitative estimate of drug-likeness (QED) is 0.761. The van der Waals surface area contributed by atoms with Crippen LogP contribution in [0, 0.1) is 0 Å². The average molecular weight is 389 g/mol. The highest BCUT2D eigenvalue weighted by molar-refractivity contribution is 9.10. The molecule has 1 atom stereocenters. The smallest absolute Gasteiger partial charge is 0.120 e. The normalized spacial score (nSPS) is 12.2. The number of ether oxygens (including phenoxy) is 1. The minimum absolute atomic E-state index is 0.0962. The van der Waals surface area contributed by atoms with Crippen molar-refractivity contribution in [3.63, 3.8) is 0 Å². The molecule has 0 fully saturated rings. The van der Waals surface area contributed by atoms with Crippen molar-refractivity contribution >= 4 is 39.1 Å². The van der Waals surface area contributed by atoms with E-state index in [0.29, 0.717) is 16.7 Å². The van der Waals surface area contributed by atoms with Gasteiger partial charge in [-0.15, -0.1) is 0 Å². The Morgan fingerprint density at radius 1 is 1.14 bits per heavy atom. The lowest BCUT2D eigenvalue weighted by atomic mass is 10.1. The summed E-state index contributed by atoms with van der Waals surface area (Å²) in [7, 11) is 0. The van der Waals surface area contributed by atoms with Gasteiger partial charge in [0, 0.05) is 26.1 Å². The maximum atomic E-state index is 6.13. The Morgan fingerprint density at radius 3 is 2.62 bits per heavy atom. The molecular formula is C16H16BrCl2NO. The van der Waals surface area contributed by atoms with E-state index in [2.05, 4.69) is 15.9 Å². The predicted molar refractivity (Wildman–Crippen MR) is 92.3 cm³/mol. The molecule has 0 amide bonds. The van der Waals surface area contributed by atoms with E-state index in [1.54, 1.807) is 12.1 Å². The first-order chi connectivity index (χ1) is 9.95. The fraction of sp³-hybridized carbons (Fsp3) is 0.250. The minimum atomic E-state index is 0.0962. The van der Waals surface area contributed by atoms with Crippen LogP contribution < -0.4 is 10.5 Å². The fourth-order valence-electron chi connectivity index (χ4n) is 1.96. The molecule has 2 nitrogen and oxygen atoms in total. The number of hydrogen-bond donors (Lipinski definition) is 1. The highest BCUT2D eigenvalue weighted by Gasteiger charge is 2.07. The van der Waals surface area contributed by atoms with Crippen LogP contribution in [-0.2, 0) is 13.0 Å². The van der Waals surface area contributed by atoms with Crippen molar-refractivity contribution in [2.75, 3.05) is 0 Å². The summed E-state index contributed by atoms with van der Waals surface area (Å²) in [5.74, 6) is 0.782. The number of rotatable bonds is 5. The van der Waals surface area contributed by atoms with E-state index in [0.717, 1.165) is 27.8 Å². The van der Waals surface area contributed by atoms with Crippen LogP contribution in [0.2, 0.25) is 10.0 Å². The third kappa shape index (κ3) is 4.89. The van der Waals surface area contributed by atoms with E-state index < -0.39 is 0 Å². The minimum Gasteiger partial charge on any atom is -0.489 e. The molecule has 2 aromatic rings. The molecule has 0 spiro atoms. The second-order valence-electron chi connectivity index (χ2n) is 4.96. The van der Waals surface area contributed by atoms with E-state index in [1.807, 2.05) is 31.2 Å². The van der Waals surface area contributed by atoms with Crippen LogP contribution in [0.25, 0.3) is 0 Å². The zero-order chi connectivity index (χ0) is 15.4. The molecule has 0 aromatic heterocycles. The van der Waals surface area contributed by atoms with Gasteiger partial charge in [-0.05, 0) is 55.3 Å². The molecule has 0 aliphatic carbocycles. The molecule has 2 N–H and O–H groups in total. The summed E-state index contributed by atoms with van der Waals surface area (Å²) in [6, 6.07) is 11.3. The molecule has 0 aliphatic rings. The van der Waals surface area contributed by atoms with Gasteiger partial charge in [0.1, 0.15) is 12.4 Å². The van der Waals surface area contributed by atoms with E-state index >= 15 is 0 Å². The number of halogens is 3. The monoisotopic (exact) mass is 387 g/mol. The predicted octanol–water partition coefficient (Wildman–Crippen LogP) is 5.22. The molecule has 2 rings (SSSR count). The van der Waals surface area contributed by atoms with E-state index in [4.69, 9.17) is 33.7 Å². The van der Waals surface area contributed by atoms with Crippen LogP contribution in [0.5, 0.6) is 5.75 Å². The van der Waals surface area contributed by atoms with Gasteiger partial charge in [-0.2, -0.15) is 0 Å². The summed E-state index contributed by atoms with van der Waals surface area (Å²) < 4.78 is 6.84. The molecule has 0 radical (unpaired) electrons. The Kier molecular flexibility index (Phi) is 5.94. The molecule has 2 aromatic carbocycles. The van der Waals surface area contributed by atoms with Crippen molar-refractivity contribution in [1.29, 1.82) is 0 Å². The first-order valence-corrected chi connectivity index (χ1v) is 8.11. The molecule has 21 heavy (non-hydrogen) atoms. The van der Waals surface area contributed by atoms with Gasteiger partial charge in [-0.3, -0.25) is 0 Å². The maximum Gasteiger partial charge on any atom is 0.120 e. The van der Waals surface area contributed by atoms with Crippen LogP contribution in [0.15, 0.2) is 40.9 Å². The molecule has 112 valence electrons. The molecule has 0 saturated heterocycles. The molecule has 0 bridgehead atoms. The fourth-order valence-corrected chi connectivity index (χ4v) is 2.73. The lowest BCUT2D eigenvalue weighted by molar-refractivity contribution is 0.306. The molecule has 5 heteroatoms. The van der Waals surface area contributed by atoms with E-state index in [9.17, 15) is 0 Å². The van der Waals surface area contributed by atoms with Crippen molar-refractivity contribution in [3.8, 4) is 5.75 Å². The van der Waals surface area contributed by atoms with Gasteiger partial charge in [-0.1, -0.05) is 39.1 Å². The van der Waals surface area contributed by atoms with Crippen LogP contribution in [-0.4, -0.2) is 6.04 Å². The molecular weight excluding hydrogens is 373 g/mol. The topological polar surface area (TPSA) is 35.2 Å². The SMILES string of the molecule is CC(N)Cc1cc(OCc2cc(Cl)ccc2Cl)ccc1Br. The summed E-state index contributed by atoms with van der Waals surface area (Å²) in [4.78, 5) is 0. The summed E-state index contributed by atoms with van der Waals surface area (Å²) in [6.07, 6.45) is 0.787. The van der Waals surface area contributed by atoms with Crippen LogP contribution in [0.3, 0.4) is 0 Å². The Hall–Kier alpha value is -0.740. The van der Waals surface area contributed by atoms with Gasteiger partial charge < -0.3 is 10.5 Å². The lowest BCUT2D eigenvalue weighted by Gasteiger charge is -2.12. The largest absolute Gasteiger partial charge is 0.489 e.